The van der Waals surface area contributed by atoms with Crippen molar-refractivity contribution >= 4 is 15.9 Å². The van der Waals surface area contributed by atoms with E-state index in [1.54, 1.807) is 0 Å². The van der Waals surface area contributed by atoms with Crippen molar-refractivity contribution < 1.29 is 4.74 Å². The third kappa shape index (κ3) is 6.98. The van der Waals surface area contributed by atoms with Crippen molar-refractivity contribution in [3.63, 3.8) is 0 Å². The number of halogens is 1. The molecule has 0 bridgehead atoms. The van der Waals surface area contributed by atoms with Crippen LogP contribution in [0.25, 0.3) is 0 Å². The Morgan fingerprint density at radius 3 is 2.63 bits per heavy atom. The Morgan fingerprint density at radius 1 is 1.16 bits per heavy atom. The van der Waals surface area contributed by atoms with Crippen LogP contribution in [0.3, 0.4) is 0 Å². The summed E-state index contributed by atoms with van der Waals surface area (Å²) in [4.78, 5) is 2.22. The maximum atomic E-state index is 5.92. The van der Waals surface area contributed by atoms with Crippen LogP contribution < -0.4 is 4.74 Å². The Labute approximate surface area is 126 Å². The molecule has 0 aliphatic carbocycles. The summed E-state index contributed by atoms with van der Waals surface area (Å²) < 4.78 is 7.05. The maximum Gasteiger partial charge on any atom is 0.122 e. The Morgan fingerprint density at radius 2 is 1.95 bits per heavy atom. The zero-order valence-corrected chi connectivity index (χ0v) is 14.0. The number of ether oxygens (including phenoxy) is 1. The lowest BCUT2D eigenvalue weighted by Gasteiger charge is -2.13. The van der Waals surface area contributed by atoms with Crippen LogP contribution in [0.2, 0.25) is 0 Å². The van der Waals surface area contributed by atoms with Crippen LogP contribution in [-0.4, -0.2) is 32.1 Å². The van der Waals surface area contributed by atoms with Gasteiger partial charge in [0.25, 0.3) is 0 Å². The molecule has 0 N–H and O–H groups in total. The van der Waals surface area contributed by atoms with E-state index in [2.05, 4.69) is 60.0 Å². The SMILES string of the molecule is CCCCCOc1ccc(Br)cc1CCCN(C)C. The van der Waals surface area contributed by atoms with Crippen molar-refractivity contribution in [2.75, 3.05) is 27.2 Å². The first-order chi connectivity index (χ1) is 9.13. The molecule has 0 atom stereocenters. The lowest BCUT2D eigenvalue weighted by atomic mass is 10.1. The number of hydrogen-bond donors (Lipinski definition) is 0. The monoisotopic (exact) mass is 327 g/mol. The highest BCUT2D eigenvalue weighted by Crippen LogP contribution is 2.24. The van der Waals surface area contributed by atoms with Gasteiger partial charge in [-0.15, -0.1) is 0 Å². The van der Waals surface area contributed by atoms with Gasteiger partial charge in [-0.25, -0.2) is 0 Å². The summed E-state index contributed by atoms with van der Waals surface area (Å²) in [6.45, 7) is 4.16. The second kappa shape index (κ2) is 9.38. The molecule has 0 fully saturated rings. The number of benzene rings is 1. The van der Waals surface area contributed by atoms with Gasteiger partial charge in [-0.05, 0) is 63.7 Å². The average Bonchev–Trinajstić information content (AvgIpc) is 2.36. The summed E-state index contributed by atoms with van der Waals surface area (Å²) in [5.74, 6) is 1.05. The van der Waals surface area contributed by atoms with Gasteiger partial charge in [-0.3, -0.25) is 0 Å². The molecule has 108 valence electrons. The van der Waals surface area contributed by atoms with Crippen LogP contribution in [0.5, 0.6) is 5.75 Å². The third-order valence-corrected chi connectivity index (χ3v) is 3.57. The topological polar surface area (TPSA) is 12.5 Å². The van der Waals surface area contributed by atoms with Crippen molar-refractivity contribution in [2.45, 2.75) is 39.0 Å². The third-order valence-electron chi connectivity index (χ3n) is 3.08. The van der Waals surface area contributed by atoms with E-state index < -0.39 is 0 Å². The summed E-state index contributed by atoms with van der Waals surface area (Å²) in [5.41, 5.74) is 1.31. The van der Waals surface area contributed by atoms with E-state index in [0.29, 0.717) is 0 Å². The van der Waals surface area contributed by atoms with Crippen molar-refractivity contribution in [1.29, 1.82) is 0 Å². The maximum absolute atomic E-state index is 5.92. The summed E-state index contributed by atoms with van der Waals surface area (Å²) >= 11 is 3.54. The predicted octanol–water partition coefficient (Wildman–Crippen LogP) is 4.51. The zero-order valence-electron chi connectivity index (χ0n) is 12.4. The van der Waals surface area contributed by atoms with Crippen molar-refractivity contribution in [3.05, 3.63) is 28.2 Å². The van der Waals surface area contributed by atoms with Gasteiger partial charge in [0.1, 0.15) is 5.75 Å². The highest BCUT2D eigenvalue weighted by atomic mass is 79.9. The molecule has 0 aromatic heterocycles. The van der Waals surface area contributed by atoms with Crippen LogP contribution in [0.4, 0.5) is 0 Å². The van der Waals surface area contributed by atoms with Crippen LogP contribution in [0, 0.1) is 0 Å². The molecule has 0 aliphatic rings. The lowest BCUT2D eigenvalue weighted by Crippen LogP contribution is -2.13. The zero-order chi connectivity index (χ0) is 14.1. The minimum atomic E-state index is 0.830. The molecule has 1 aromatic rings. The molecule has 0 heterocycles. The number of nitrogens with zero attached hydrogens (tertiary/aromatic N) is 1. The van der Waals surface area contributed by atoms with Gasteiger partial charge in [-0.2, -0.15) is 0 Å². The summed E-state index contributed by atoms with van der Waals surface area (Å²) in [7, 11) is 4.23. The fraction of sp³-hybridized carbons (Fsp3) is 0.625. The minimum Gasteiger partial charge on any atom is -0.493 e. The van der Waals surface area contributed by atoms with E-state index in [9.17, 15) is 0 Å². The molecule has 0 unspecified atom stereocenters. The highest BCUT2D eigenvalue weighted by molar-refractivity contribution is 9.10. The van der Waals surface area contributed by atoms with Crippen LogP contribution >= 0.6 is 15.9 Å². The second-order valence-electron chi connectivity index (χ2n) is 5.21. The van der Waals surface area contributed by atoms with Crippen LogP contribution in [-0.2, 0) is 6.42 Å². The molecule has 0 saturated carbocycles. The number of aryl methyl sites for hydroxylation is 1. The molecule has 0 saturated heterocycles. The van der Waals surface area contributed by atoms with Gasteiger partial charge in [0.15, 0.2) is 0 Å². The van der Waals surface area contributed by atoms with E-state index in [1.807, 2.05) is 0 Å². The standard InChI is InChI=1S/C16H26BrNO/c1-4-5-6-12-19-16-10-9-15(17)13-14(16)8-7-11-18(2)3/h9-10,13H,4-8,11-12H2,1-3H3. The van der Waals surface area contributed by atoms with E-state index in [1.165, 1.54) is 18.4 Å². The lowest BCUT2D eigenvalue weighted by molar-refractivity contribution is 0.302. The first kappa shape index (κ1) is 16.5. The predicted molar refractivity (Wildman–Crippen MR) is 86.0 cm³/mol. The Kier molecular flexibility index (Phi) is 8.15. The van der Waals surface area contributed by atoms with Crippen LogP contribution in [0.1, 0.15) is 38.2 Å². The number of rotatable bonds is 9. The highest BCUT2D eigenvalue weighted by Gasteiger charge is 2.05. The smallest absolute Gasteiger partial charge is 0.122 e. The van der Waals surface area contributed by atoms with Gasteiger partial charge < -0.3 is 9.64 Å². The molecule has 0 radical (unpaired) electrons. The average molecular weight is 328 g/mol. The molecule has 2 nitrogen and oxygen atoms in total. The molecule has 0 spiro atoms. The number of hydrogen-bond acceptors (Lipinski definition) is 2. The van der Waals surface area contributed by atoms with E-state index in [4.69, 9.17) is 4.74 Å². The fourth-order valence-corrected chi connectivity index (χ4v) is 2.41. The Bertz CT molecular complexity index is 366. The van der Waals surface area contributed by atoms with Crippen molar-refractivity contribution in [2.24, 2.45) is 0 Å². The summed E-state index contributed by atoms with van der Waals surface area (Å²) in [5, 5.41) is 0. The molecule has 1 aromatic carbocycles. The molecule has 19 heavy (non-hydrogen) atoms. The second-order valence-corrected chi connectivity index (χ2v) is 6.13. The first-order valence-electron chi connectivity index (χ1n) is 7.19. The normalized spacial score (nSPS) is 11.0. The van der Waals surface area contributed by atoms with Crippen molar-refractivity contribution in [3.8, 4) is 5.75 Å². The van der Waals surface area contributed by atoms with Gasteiger partial charge in [0, 0.05) is 4.47 Å². The first-order valence-corrected chi connectivity index (χ1v) is 7.98. The molecular weight excluding hydrogens is 302 g/mol. The Hall–Kier alpha value is -0.540. The molecule has 1 rings (SSSR count). The molecule has 0 aliphatic heterocycles. The summed E-state index contributed by atoms with van der Waals surface area (Å²) in [6.07, 6.45) is 5.85. The van der Waals surface area contributed by atoms with Crippen LogP contribution in [0.15, 0.2) is 22.7 Å². The van der Waals surface area contributed by atoms with Gasteiger partial charge in [0.05, 0.1) is 6.61 Å². The molecule has 3 heteroatoms. The Balaban J connectivity index is 2.53. The number of unbranched alkanes of at least 4 members (excludes halogenated alkanes) is 2. The fourth-order valence-electron chi connectivity index (χ4n) is 2.00. The van der Waals surface area contributed by atoms with Gasteiger partial charge in [0.2, 0.25) is 0 Å². The van der Waals surface area contributed by atoms with E-state index in [0.717, 1.165) is 42.6 Å². The van der Waals surface area contributed by atoms with E-state index in [-0.39, 0.29) is 0 Å². The minimum absolute atomic E-state index is 0.830. The molecule has 0 amide bonds. The quantitative estimate of drug-likeness (QED) is 0.618. The van der Waals surface area contributed by atoms with Crippen molar-refractivity contribution in [1.82, 2.24) is 4.90 Å². The van der Waals surface area contributed by atoms with Gasteiger partial charge in [-0.1, -0.05) is 35.7 Å². The molecular formula is C16H26BrNO. The van der Waals surface area contributed by atoms with E-state index >= 15 is 0 Å². The summed E-state index contributed by atoms with van der Waals surface area (Å²) in [6, 6.07) is 6.33. The van der Waals surface area contributed by atoms with Gasteiger partial charge >= 0.3 is 0 Å². The largest absolute Gasteiger partial charge is 0.493 e.